The molecule has 3 aromatic rings. The second kappa shape index (κ2) is 9.83. The van der Waals surface area contributed by atoms with Gasteiger partial charge in [-0.15, -0.1) is 0 Å². The summed E-state index contributed by atoms with van der Waals surface area (Å²) in [6.07, 6.45) is 3.14. The molecular weight excluding hydrogens is 490 g/mol. The molecular formula is C28H30F2N6O2. The van der Waals surface area contributed by atoms with Crippen molar-refractivity contribution in [3.8, 4) is 17.0 Å². The van der Waals surface area contributed by atoms with Crippen molar-refractivity contribution in [2.75, 3.05) is 47.9 Å². The third-order valence-electron chi connectivity index (χ3n) is 7.18. The number of amides is 1. The fourth-order valence-corrected chi connectivity index (χ4v) is 5.22. The number of ether oxygens (including phenoxy) is 1. The molecule has 1 aromatic heterocycles. The van der Waals surface area contributed by atoms with Crippen LogP contribution < -0.4 is 25.2 Å². The molecule has 2 fully saturated rings. The summed E-state index contributed by atoms with van der Waals surface area (Å²) in [4.78, 5) is 24.9. The average molecular weight is 521 g/mol. The zero-order chi connectivity index (χ0) is 26.4. The molecule has 2 aromatic carbocycles. The van der Waals surface area contributed by atoms with E-state index in [-0.39, 0.29) is 36.0 Å². The minimum absolute atomic E-state index is 0.00974. The Balaban J connectivity index is 1.33. The SMILES string of the molecule is CC(C)N1C(=O)COc2c(C3CC3)cc(-c3nc(Nc4ccc(N5CCNCC5)c(F)c4)ncc3F)cc21. The highest BCUT2D eigenvalue weighted by Gasteiger charge is 2.35. The molecule has 10 heteroatoms. The maximum atomic E-state index is 15.1. The summed E-state index contributed by atoms with van der Waals surface area (Å²) in [5.74, 6) is 0.0822. The van der Waals surface area contributed by atoms with E-state index in [0.29, 0.717) is 34.3 Å². The molecule has 2 aliphatic heterocycles. The molecule has 0 atom stereocenters. The molecule has 3 heterocycles. The zero-order valence-electron chi connectivity index (χ0n) is 21.4. The molecule has 8 nitrogen and oxygen atoms in total. The van der Waals surface area contributed by atoms with Crippen LogP contribution in [0.2, 0.25) is 0 Å². The number of carbonyl (C=O) groups is 1. The van der Waals surface area contributed by atoms with Gasteiger partial charge in [-0.1, -0.05) is 0 Å². The van der Waals surface area contributed by atoms with E-state index in [1.54, 1.807) is 23.1 Å². The van der Waals surface area contributed by atoms with Crippen molar-refractivity contribution in [1.29, 1.82) is 0 Å². The van der Waals surface area contributed by atoms with Crippen molar-refractivity contribution in [1.82, 2.24) is 15.3 Å². The second-order valence-corrected chi connectivity index (χ2v) is 10.3. The fraction of sp³-hybridized carbons (Fsp3) is 0.393. The van der Waals surface area contributed by atoms with Gasteiger partial charge in [-0.25, -0.2) is 18.7 Å². The molecule has 2 N–H and O–H groups in total. The van der Waals surface area contributed by atoms with Gasteiger partial charge in [0, 0.05) is 49.0 Å². The highest BCUT2D eigenvalue weighted by Crippen LogP contribution is 2.50. The van der Waals surface area contributed by atoms with Gasteiger partial charge in [-0.3, -0.25) is 4.79 Å². The molecule has 0 radical (unpaired) electrons. The Morgan fingerprint density at radius 3 is 2.58 bits per heavy atom. The summed E-state index contributed by atoms with van der Waals surface area (Å²) in [6, 6.07) is 8.48. The lowest BCUT2D eigenvalue weighted by atomic mass is 9.99. The largest absolute Gasteiger partial charge is 0.481 e. The van der Waals surface area contributed by atoms with Crippen LogP contribution in [0.15, 0.2) is 36.5 Å². The first kappa shape index (κ1) is 24.5. The van der Waals surface area contributed by atoms with Crippen LogP contribution in [-0.2, 0) is 4.79 Å². The number of benzene rings is 2. The van der Waals surface area contributed by atoms with Crippen molar-refractivity contribution >= 4 is 28.9 Å². The van der Waals surface area contributed by atoms with E-state index in [2.05, 4.69) is 20.6 Å². The van der Waals surface area contributed by atoms with Crippen molar-refractivity contribution in [2.45, 2.75) is 38.6 Å². The first-order valence-corrected chi connectivity index (χ1v) is 13.1. The summed E-state index contributed by atoms with van der Waals surface area (Å²) in [7, 11) is 0. The first-order valence-electron chi connectivity index (χ1n) is 13.1. The number of carbonyl (C=O) groups excluding carboxylic acids is 1. The minimum atomic E-state index is -0.586. The number of nitrogens with zero attached hydrogens (tertiary/aromatic N) is 4. The Morgan fingerprint density at radius 1 is 1.08 bits per heavy atom. The molecule has 0 bridgehead atoms. The molecule has 1 aliphatic carbocycles. The van der Waals surface area contributed by atoms with Crippen LogP contribution in [0.4, 0.5) is 31.8 Å². The molecule has 0 spiro atoms. The lowest BCUT2D eigenvalue weighted by Crippen LogP contribution is -2.43. The molecule has 198 valence electrons. The van der Waals surface area contributed by atoms with Gasteiger partial charge in [0.25, 0.3) is 5.91 Å². The number of aromatic nitrogens is 2. The zero-order valence-corrected chi connectivity index (χ0v) is 21.4. The van der Waals surface area contributed by atoms with Gasteiger partial charge in [-0.05, 0) is 62.9 Å². The van der Waals surface area contributed by atoms with Gasteiger partial charge >= 0.3 is 0 Å². The summed E-state index contributed by atoms with van der Waals surface area (Å²) in [5.41, 5.74) is 3.26. The van der Waals surface area contributed by atoms with Crippen LogP contribution in [0.5, 0.6) is 5.75 Å². The molecule has 1 amide bonds. The predicted molar refractivity (Wildman–Crippen MR) is 142 cm³/mol. The summed E-state index contributed by atoms with van der Waals surface area (Å²) < 4.78 is 35.9. The van der Waals surface area contributed by atoms with Crippen molar-refractivity contribution < 1.29 is 18.3 Å². The number of rotatable bonds is 6. The van der Waals surface area contributed by atoms with Crippen LogP contribution in [-0.4, -0.2) is 54.7 Å². The summed E-state index contributed by atoms with van der Waals surface area (Å²) >= 11 is 0. The van der Waals surface area contributed by atoms with Gasteiger partial charge in [0.05, 0.1) is 17.6 Å². The Kier molecular flexibility index (Phi) is 6.35. The molecule has 1 saturated heterocycles. The maximum absolute atomic E-state index is 15.1. The van der Waals surface area contributed by atoms with E-state index in [1.165, 1.54) is 6.07 Å². The average Bonchev–Trinajstić information content (AvgIpc) is 3.75. The number of anilines is 4. The van der Waals surface area contributed by atoms with Gasteiger partial charge in [-0.2, -0.15) is 0 Å². The third-order valence-corrected chi connectivity index (χ3v) is 7.18. The van der Waals surface area contributed by atoms with Crippen molar-refractivity contribution in [3.63, 3.8) is 0 Å². The Bertz CT molecular complexity index is 1390. The standard InChI is InChI=1S/C28H30F2N6O2/c1-16(2)36-24-12-18(11-20(17-3-4-17)27(24)38-15-25(36)37)26-22(30)14-32-28(34-26)33-19-5-6-23(21(29)13-19)35-9-7-31-8-10-35/h5-6,11-14,16-17,31H,3-4,7-10,15H2,1-2H3,(H,32,33,34). The summed E-state index contributed by atoms with van der Waals surface area (Å²) in [5, 5.41) is 6.27. The normalized spacial score (nSPS) is 17.4. The lowest BCUT2D eigenvalue weighted by Gasteiger charge is -2.34. The second-order valence-electron chi connectivity index (χ2n) is 10.3. The number of halogens is 2. The minimum Gasteiger partial charge on any atom is -0.481 e. The van der Waals surface area contributed by atoms with Crippen LogP contribution >= 0.6 is 0 Å². The highest BCUT2D eigenvalue weighted by molar-refractivity contribution is 5.99. The number of nitrogens with one attached hydrogen (secondary N) is 2. The van der Waals surface area contributed by atoms with Crippen LogP contribution in [0.25, 0.3) is 11.3 Å². The number of hydrogen-bond acceptors (Lipinski definition) is 7. The van der Waals surface area contributed by atoms with Crippen molar-refractivity contribution in [2.24, 2.45) is 0 Å². The van der Waals surface area contributed by atoms with Gasteiger partial charge in [0.1, 0.15) is 17.3 Å². The molecule has 3 aliphatic rings. The van der Waals surface area contributed by atoms with Crippen molar-refractivity contribution in [3.05, 3.63) is 53.7 Å². The summed E-state index contributed by atoms with van der Waals surface area (Å²) in [6.45, 7) is 6.97. The fourth-order valence-electron chi connectivity index (χ4n) is 5.22. The molecule has 0 unspecified atom stereocenters. The predicted octanol–water partition coefficient (Wildman–Crippen LogP) is 4.59. The van der Waals surface area contributed by atoms with Gasteiger partial charge in [0.15, 0.2) is 12.4 Å². The van der Waals surface area contributed by atoms with Gasteiger partial charge < -0.3 is 25.2 Å². The Morgan fingerprint density at radius 2 is 1.87 bits per heavy atom. The highest BCUT2D eigenvalue weighted by atomic mass is 19.1. The Hall–Kier alpha value is -3.79. The number of piperazine rings is 1. The van der Waals surface area contributed by atoms with Crippen LogP contribution in [0.1, 0.15) is 38.2 Å². The van der Waals surface area contributed by atoms with Crippen LogP contribution in [0, 0.1) is 11.6 Å². The topological polar surface area (TPSA) is 82.6 Å². The molecule has 38 heavy (non-hydrogen) atoms. The van der Waals surface area contributed by atoms with E-state index in [1.807, 2.05) is 24.8 Å². The smallest absolute Gasteiger partial charge is 0.265 e. The van der Waals surface area contributed by atoms with E-state index < -0.39 is 5.82 Å². The molecule has 6 rings (SSSR count). The number of fused-ring (bicyclic) bond motifs is 1. The quantitative estimate of drug-likeness (QED) is 0.492. The molecule has 1 saturated carbocycles. The van der Waals surface area contributed by atoms with Gasteiger partial charge in [0.2, 0.25) is 5.95 Å². The lowest BCUT2D eigenvalue weighted by molar-refractivity contribution is -0.121. The Labute approximate surface area is 220 Å². The third kappa shape index (κ3) is 4.64. The monoisotopic (exact) mass is 520 g/mol. The maximum Gasteiger partial charge on any atom is 0.265 e. The van der Waals surface area contributed by atoms with Crippen LogP contribution in [0.3, 0.4) is 0 Å². The van der Waals surface area contributed by atoms with E-state index in [4.69, 9.17) is 4.74 Å². The van der Waals surface area contributed by atoms with E-state index in [0.717, 1.165) is 50.8 Å². The number of hydrogen-bond donors (Lipinski definition) is 2. The van der Waals surface area contributed by atoms with E-state index >= 15 is 4.39 Å². The van der Waals surface area contributed by atoms with E-state index in [9.17, 15) is 9.18 Å². The first-order chi connectivity index (χ1) is 18.4.